The van der Waals surface area contributed by atoms with E-state index in [-0.39, 0.29) is 0 Å². The molecule has 0 N–H and O–H groups in total. The Morgan fingerprint density at radius 3 is 1.44 bits per heavy atom. The minimum atomic E-state index is 1.13. The van der Waals surface area contributed by atoms with Gasteiger partial charge in [-0.15, -0.1) is 11.3 Å². The van der Waals surface area contributed by atoms with E-state index in [4.69, 9.17) is 0 Å². The van der Waals surface area contributed by atoms with Crippen molar-refractivity contribution in [2.45, 2.75) is 0 Å². The molecule has 0 spiro atoms. The first-order chi connectivity index (χ1) is 31.8. The molecule has 0 unspecified atom stereocenters. The lowest BCUT2D eigenvalue weighted by atomic mass is 9.93. The lowest BCUT2D eigenvalue weighted by Crippen LogP contribution is -1.98. The van der Waals surface area contributed by atoms with Crippen LogP contribution in [0.1, 0.15) is 0 Å². The fraction of sp³-hybridized carbons (Fsp3) is 0. The number of fused-ring (bicyclic) bond motifs is 12. The van der Waals surface area contributed by atoms with Gasteiger partial charge in [-0.05, 0) is 83.4 Å². The highest BCUT2D eigenvalue weighted by molar-refractivity contribution is 7.26. The normalized spacial score (nSPS) is 12.1. The van der Waals surface area contributed by atoms with E-state index in [1.807, 2.05) is 11.3 Å². The molecule has 0 saturated heterocycles. The van der Waals surface area contributed by atoms with Crippen molar-refractivity contribution in [1.82, 2.24) is 13.7 Å². The van der Waals surface area contributed by atoms with Crippen LogP contribution in [-0.4, -0.2) is 13.7 Å². The second-order valence-electron chi connectivity index (χ2n) is 16.8. The zero-order chi connectivity index (χ0) is 41.9. The minimum absolute atomic E-state index is 1.13. The Labute approximate surface area is 372 Å². The van der Waals surface area contributed by atoms with Crippen molar-refractivity contribution in [2.24, 2.45) is 0 Å². The van der Waals surface area contributed by atoms with Crippen LogP contribution in [0.5, 0.6) is 0 Å². The van der Waals surface area contributed by atoms with Gasteiger partial charge < -0.3 is 13.7 Å². The summed E-state index contributed by atoms with van der Waals surface area (Å²) >= 11 is 1.90. The smallest absolute Gasteiger partial charge is 0.0562 e. The van der Waals surface area contributed by atoms with Crippen molar-refractivity contribution in [3.8, 4) is 39.3 Å². The molecule has 0 bridgehead atoms. The quantitative estimate of drug-likeness (QED) is 0.164. The first kappa shape index (κ1) is 35.4. The monoisotopic (exact) mass is 831 g/mol. The molecule has 0 fully saturated rings. The predicted octanol–water partition coefficient (Wildman–Crippen LogP) is 16.7. The molecule has 4 heteroatoms. The molecule has 64 heavy (non-hydrogen) atoms. The summed E-state index contributed by atoms with van der Waals surface area (Å²) in [5.74, 6) is 0. The molecule has 0 aliphatic heterocycles. The molecular formula is C60H37N3S. The average molecular weight is 832 g/mol. The van der Waals surface area contributed by atoms with Crippen molar-refractivity contribution in [1.29, 1.82) is 0 Å². The molecule has 0 aliphatic rings. The Balaban J connectivity index is 1.02. The summed E-state index contributed by atoms with van der Waals surface area (Å²) in [6.07, 6.45) is 0. The van der Waals surface area contributed by atoms with Crippen LogP contribution in [0.2, 0.25) is 0 Å². The number of aromatic nitrogens is 3. The first-order valence-corrected chi connectivity index (χ1v) is 22.7. The topological polar surface area (TPSA) is 14.8 Å². The third kappa shape index (κ3) is 5.03. The van der Waals surface area contributed by atoms with Gasteiger partial charge in [0.1, 0.15) is 0 Å². The second kappa shape index (κ2) is 13.7. The predicted molar refractivity (Wildman–Crippen MR) is 273 cm³/mol. The largest absolute Gasteiger partial charge is 0.309 e. The SMILES string of the molecule is c1ccc(-c2ccccc2-c2ccc(-n3c4ccccc4c4ccc(-n5c6ccccc6c6cc(-n7c8ccccc8c8ccccc87)ccc65)cc43)c3c2sc2ccccc23)cc1. The van der Waals surface area contributed by atoms with E-state index >= 15 is 0 Å². The van der Waals surface area contributed by atoms with Crippen molar-refractivity contribution >= 4 is 96.9 Å². The van der Waals surface area contributed by atoms with Crippen molar-refractivity contribution in [2.75, 3.05) is 0 Å². The van der Waals surface area contributed by atoms with Crippen LogP contribution >= 0.6 is 11.3 Å². The Kier molecular flexibility index (Phi) is 7.56. The number of nitrogens with zero attached hydrogens (tertiary/aromatic N) is 3. The van der Waals surface area contributed by atoms with E-state index in [1.165, 1.54) is 114 Å². The van der Waals surface area contributed by atoms with Crippen LogP contribution in [0, 0.1) is 0 Å². The fourth-order valence-corrected chi connectivity index (χ4v) is 12.0. The molecule has 0 amide bonds. The van der Waals surface area contributed by atoms with Crippen molar-refractivity contribution < 1.29 is 0 Å². The first-order valence-electron chi connectivity index (χ1n) is 21.9. The van der Waals surface area contributed by atoms with Crippen LogP contribution in [0.3, 0.4) is 0 Å². The van der Waals surface area contributed by atoms with Gasteiger partial charge >= 0.3 is 0 Å². The van der Waals surface area contributed by atoms with Gasteiger partial charge in [0.2, 0.25) is 0 Å². The van der Waals surface area contributed by atoms with E-state index in [0.29, 0.717) is 0 Å². The van der Waals surface area contributed by atoms with E-state index in [9.17, 15) is 0 Å². The molecule has 298 valence electrons. The number of thiophene rings is 1. The zero-order valence-electron chi connectivity index (χ0n) is 34.6. The van der Waals surface area contributed by atoms with Gasteiger partial charge in [0.25, 0.3) is 0 Å². The highest BCUT2D eigenvalue weighted by Gasteiger charge is 2.22. The van der Waals surface area contributed by atoms with Crippen molar-refractivity contribution in [3.63, 3.8) is 0 Å². The summed E-state index contributed by atoms with van der Waals surface area (Å²) in [7, 11) is 0. The highest BCUT2D eigenvalue weighted by atomic mass is 32.1. The molecule has 10 aromatic carbocycles. The van der Waals surface area contributed by atoms with E-state index in [2.05, 4.69) is 238 Å². The van der Waals surface area contributed by atoms with Crippen LogP contribution in [0.15, 0.2) is 224 Å². The van der Waals surface area contributed by atoms with Crippen LogP contribution in [0.4, 0.5) is 0 Å². The Morgan fingerprint density at radius 2 is 0.766 bits per heavy atom. The standard InChI is InChI=1S/C60H37N3S/c1-2-16-38(17-3-1)41-18-4-5-19-42(41)48-33-35-56(59-49-24-10-15-29-58(49)64-60(48)59)63-54-28-14-8-22-45(54)47-32-30-40(37-57(47)63)62-53-27-13-9-23-46(53)50-36-39(31-34-55(50)62)61-51-25-11-6-20-43(51)44-21-7-12-26-52(44)61/h1-37H. The Bertz CT molecular complexity index is 4140. The summed E-state index contributed by atoms with van der Waals surface area (Å²) in [6, 6.07) is 82.6. The van der Waals surface area contributed by atoms with Gasteiger partial charge in [-0.3, -0.25) is 0 Å². The molecule has 0 atom stereocenters. The van der Waals surface area contributed by atoms with E-state index in [0.717, 1.165) is 11.4 Å². The Hall–Kier alpha value is -8.18. The summed E-state index contributed by atoms with van der Waals surface area (Å²) in [4.78, 5) is 0. The van der Waals surface area contributed by atoms with Gasteiger partial charge in [-0.25, -0.2) is 0 Å². The molecular weight excluding hydrogens is 795 g/mol. The molecule has 4 heterocycles. The number of hydrogen-bond donors (Lipinski definition) is 0. The molecule has 0 radical (unpaired) electrons. The molecule has 3 nitrogen and oxygen atoms in total. The van der Waals surface area contributed by atoms with Gasteiger partial charge in [0, 0.05) is 69.4 Å². The lowest BCUT2D eigenvalue weighted by Gasteiger charge is -2.16. The van der Waals surface area contributed by atoms with Crippen LogP contribution < -0.4 is 0 Å². The Morgan fingerprint density at radius 1 is 0.281 bits per heavy atom. The summed E-state index contributed by atoms with van der Waals surface area (Å²) in [6.45, 7) is 0. The van der Waals surface area contributed by atoms with Crippen LogP contribution in [-0.2, 0) is 0 Å². The van der Waals surface area contributed by atoms with E-state index < -0.39 is 0 Å². The number of para-hydroxylation sites is 4. The maximum Gasteiger partial charge on any atom is 0.0562 e. The van der Waals surface area contributed by atoms with Crippen LogP contribution in [0.25, 0.3) is 125 Å². The molecule has 0 aliphatic carbocycles. The molecule has 14 rings (SSSR count). The second-order valence-corrected chi connectivity index (χ2v) is 17.9. The summed E-state index contributed by atoms with van der Waals surface area (Å²) in [5.41, 5.74) is 15.6. The van der Waals surface area contributed by atoms with Gasteiger partial charge in [0.15, 0.2) is 0 Å². The zero-order valence-corrected chi connectivity index (χ0v) is 35.4. The number of hydrogen-bond acceptors (Lipinski definition) is 1. The summed E-state index contributed by atoms with van der Waals surface area (Å²) in [5, 5.41) is 10.0. The maximum absolute atomic E-state index is 2.52. The van der Waals surface area contributed by atoms with Gasteiger partial charge in [-0.1, -0.05) is 158 Å². The highest BCUT2D eigenvalue weighted by Crippen LogP contribution is 2.47. The molecule has 14 aromatic rings. The van der Waals surface area contributed by atoms with Gasteiger partial charge in [-0.2, -0.15) is 0 Å². The maximum atomic E-state index is 2.52. The number of rotatable bonds is 5. The van der Waals surface area contributed by atoms with Crippen molar-refractivity contribution in [3.05, 3.63) is 224 Å². The van der Waals surface area contributed by atoms with E-state index in [1.54, 1.807) is 0 Å². The lowest BCUT2D eigenvalue weighted by molar-refractivity contribution is 1.16. The fourth-order valence-electron chi connectivity index (χ4n) is 10.7. The third-order valence-electron chi connectivity index (χ3n) is 13.5. The van der Waals surface area contributed by atoms with Gasteiger partial charge in [0.05, 0.1) is 38.8 Å². The minimum Gasteiger partial charge on any atom is -0.309 e. The number of benzene rings is 10. The molecule has 4 aromatic heterocycles. The third-order valence-corrected chi connectivity index (χ3v) is 14.7. The average Bonchev–Trinajstić information content (AvgIpc) is 4.10. The summed E-state index contributed by atoms with van der Waals surface area (Å²) < 4.78 is 9.99. The molecule has 0 saturated carbocycles.